The third kappa shape index (κ3) is 4.01. The lowest BCUT2D eigenvalue weighted by Crippen LogP contribution is -2.26. The van der Waals surface area contributed by atoms with Gasteiger partial charge in [0.2, 0.25) is 15.9 Å². The van der Waals surface area contributed by atoms with Crippen LogP contribution in [0.25, 0.3) is 0 Å². The zero-order valence-corrected chi connectivity index (χ0v) is 11.0. The smallest absolute Gasteiger partial charge is 0.240 e. The summed E-state index contributed by atoms with van der Waals surface area (Å²) in [6.45, 7) is 1.85. The lowest BCUT2D eigenvalue weighted by atomic mass is 10.2. The highest BCUT2D eigenvalue weighted by molar-refractivity contribution is 7.89. The molecule has 100 valence electrons. The van der Waals surface area contributed by atoms with Crippen molar-refractivity contribution in [3.05, 3.63) is 23.8 Å². The van der Waals surface area contributed by atoms with E-state index < -0.39 is 15.9 Å². The highest BCUT2D eigenvalue weighted by Crippen LogP contribution is 2.17. The van der Waals surface area contributed by atoms with Gasteiger partial charge in [0.25, 0.3) is 0 Å². The first-order valence-corrected chi connectivity index (χ1v) is 6.95. The predicted molar refractivity (Wildman–Crippen MR) is 69.2 cm³/mol. The average molecular weight is 271 g/mol. The molecule has 0 aliphatic heterocycles. The van der Waals surface area contributed by atoms with Crippen molar-refractivity contribution in [3.63, 3.8) is 0 Å². The van der Waals surface area contributed by atoms with E-state index in [1.54, 1.807) is 13.0 Å². The van der Waals surface area contributed by atoms with Gasteiger partial charge in [0, 0.05) is 18.7 Å². The molecule has 1 rings (SSSR count). The second kappa shape index (κ2) is 5.83. The van der Waals surface area contributed by atoms with Crippen LogP contribution in [0.4, 0.5) is 5.69 Å². The third-order valence-electron chi connectivity index (χ3n) is 2.38. The molecule has 1 amide bonds. The van der Waals surface area contributed by atoms with Gasteiger partial charge in [0.05, 0.1) is 4.90 Å². The van der Waals surface area contributed by atoms with E-state index in [-0.39, 0.29) is 17.9 Å². The molecular weight excluding hydrogens is 254 g/mol. The Hall–Kier alpha value is -1.60. The summed E-state index contributed by atoms with van der Waals surface area (Å²) in [6, 6.07) is 4.59. The maximum Gasteiger partial charge on any atom is 0.240 e. The average Bonchev–Trinajstić information content (AvgIpc) is 2.23. The summed E-state index contributed by atoms with van der Waals surface area (Å²) in [5.41, 5.74) is 11.6. The van der Waals surface area contributed by atoms with Crippen LogP contribution in [0.15, 0.2) is 23.1 Å². The molecule has 1 aromatic carbocycles. The second-order valence-corrected chi connectivity index (χ2v) is 5.73. The summed E-state index contributed by atoms with van der Waals surface area (Å²) in [4.78, 5) is 10.7. The lowest BCUT2D eigenvalue weighted by molar-refractivity contribution is -0.118. The number of anilines is 1. The Balaban J connectivity index is 2.71. The number of hydrogen-bond acceptors (Lipinski definition) is 4. The lowest BCUT2D eigenvalue weighted by Gasteiger charge is -2.09. The fourth-order valence-corrected chi connectivity index (χ4v) is 2.82. The highest BCUT2D eigenvalue weighted by atomic mass is 32.2. The Morgan fingerprint density at radius 2 is 2.06 bits per heavy atom. The number of hydrogen-bond donors (Lipinski definition) is 3. The molecule has 0 unspecified atom stereocenters. The second-order valence-electron chi connectivity index (χ2n) is 3.99. The molecule has 0 saturated carbocycles. The minimum Gasteiger partial charge on any atom is -0.399 e. The molecule has 1 aromatic rings. The molecule has 18 heavy (non-hydrogen) atoms. The number of aryl methyl sites for hydroxylation is 1. The molecule has 6 nitrogen and oxygen atoms in total. The number of primary amides is 1. The zero-order chi connectivity index (χ0) is 13.8. The molecular formula is C11H17N3O3S. The normalized spacial score (nSPS) is 11.4. The van der Waals surface area contributed by atoms with Gasteiger partial charge in [0.15, 0.2) is 0 Å². The number of nitrogens with one attached hydrogen (secondary N) is 1. The Kier molecular flexibility index (Phi) is 4.69. The summed E-state index contributed by atoms with van der Waals surface area (Å²) in [5.74, 6) is -0.446. The minimum absolute atomic E-state index is 0.156. The summed E-state index contributed by atoms with van der Waals surface area (Å²) < 4.78 is 26.3. The summed E-state index contributed by atoms with van der Waals surface area (Å²) in [5, 5.41) is 0. The Bertz CT molecular complexity index is 540. The molecule has 0 aliphatic rings. The van der Waals surface area contributed by atoms with Crippen LogP contribution in [0.2, 0.25) is 0 Å². The van der Waals surface area contributed by atoms with Crippen LogP contribution in [-0.4, -0.2) is 20.9 Å². The molecule has 0 heterocycles. The summed E-state index contributed by atoms with van der Waals surface area (Å²) in [7, 11) is -3.56. The Morgan fingerprint density at radius 1 is 1.39 bits per heavy atom. The number of benzene rings is 1. The quantitative estimate of drug-likeness (QED) is 0.503. The number of amides is 1. The molecule has 0 atom stereocenters. The van der Waals surface area contributed by atoms with Crippen LogP contribution in [0.5, 0.6) is 0 Å². The molecule has 0 bridgehead atoms. The number of nitrogens with two attached hydrogens (primary N) is 2. The first-order chi connectivity index (χ1) is 8.33. The van der Waals surface area contributed by atoms with Crippen molar-refractivity contribution in [1.82, 2.24) is 4.72 Å². The van der Waals surface area contributed by atoms with Gasteiger partial charge < -0.3 is 11.5 Å². The number of carbonyl (C=O) groups excluding carboxylic acids is 1. The van der Waals surface area contributed by atoms with Gasteiger partial charge in [-0.05, 0) is 37.1 Å². The van der Waals surface area contributed by atoms with Gasteiger partial charge in [-0.25, -0.2) is 13.1 Å². The van der Waals surface area contributed by atoms with Gasteiger partial charge in [-0.3, -0.25) is 4.79 Å². The fourth-order valence-electron chi connectivity index (χ4n) is 1.52. The molecule has 0 aliphatic carbocycles. The zero-order valence-electron chi connectivity index (χ0n) is 10.1. The molecule has 0 saturated heterocycles. The largest absolute Gasteiger partial charge is 0.399 e. The van der Waals surface area contributed by atoms with Crippen LogP contribution in [0.3, 0.4) is 0 Å². The molecule has 0 radical (unpaired) electrons. The van der Waals surface area contributed by atoms with E-state index in [9.17, 15) is 13.2 Å². The summed E-state index contributed by atoms with van der Waals surface area (Å²) in [6.07, 6.45) is 0.534. The van der Waals surface area contributed by atoms with Gasteiger partial charge in [-0.15, -0.1) is 0 Å². The van der Waals surface area contributed by atoms with E-state index in [0.717, 1.165) is 0 Å². The molecule has 0 spiro atoms. The van der Waals surface area contributed by atoms with Crippen molar-refractivity contribution in [1.29, 1.82) is 0 Å². The van der Waals surface area contributed by atoms with Gasteiger partial charge >= 0.3 is 0 Å². The Labute approximate surface area is 106 Å². The predicted octanol–water partition coefficient (Wildman–Crippen LogP) is 0.121. The number of carbonyl (C=O) groups is 1. The van der Waals surface area contributed by atoms with E-state index in [0.29, 0.717) is 17.7 Å². The SMILES string of the molecule is Cc1cc(N)ccc1S(=O)(=O)NCCCC(N)=O. The minimum atomic E-state index is -3.56. The van der Waals surface area contributed by atoms with Crippen molar-refractivity contribution >= 4 is 21.6 Å². The van der Waals surface area contributed by atoms with E-state index in [2.05, 4.69) is 4.72 Å². The third-order valence-corrected chi connectivity index (χ3v) is 4.00. The number of nitrogen functional groups attached to an aromatic ring is 1. The standard InChI is InChI=1S/C11H17N3O3S/c1-8-7-9(12)4-5-10(8)18(16,17)14-6-2-3-11(13)15/h4-5,7,14H,2-3,6,12H2,1H3,(H2,13,15). The van der Waals surface area contributed by atoms with Crippen molar-refractivity contribution in [3.8, 4) is 0 Å². The molecule has 5 N–H and O–H groups in total. The van der Waals surface area contributed by atoms with Crippen LogP contribution < -0.4 is 16.2 Å². The van der Waals surface area contributed by atoms with Gasteiger partial charge in [-0.1, -0.05) is 0 Å². The van der Waals surface area contributed by atoms with Crippen LogP contribution in [0, 0.1) is 6.92 Å². The van der Waals surface area contributed by atoms with Crippen LogP contribution in [-0.2, 0) is 14.8 Å². The van der Waals surface area contributed by atoms with Crippen LogP contribution in [0.1, 0.15) is 18.4 Å². The van der Waals surface area contributed by atoms with E-state index in [1.165, 1.54) is 12.1 Å². The van der Waals surface area contributed by atoms with Gasteiger partial charge in [-0.2, -0.15) is 0 Å². The highest BCUT2D eigenvalue weighted by Gasteiger charge is 2.15. The van der Waals surface area contributed by atoms with Crippen LogP contribution >= 0.6 is 0 Å². The number of rotatable bonds is 6. The Morgan fingerprint density at radius 3 is 2.61 bits per heavy atom. The monoisotopic (exact) mass is 271 g/mol. The molecule has 0 aromatic heterocycles. The van der Waals surface area contributed by atoms with Crippen molar-refractivity contribution in [2.45, 2.75) is 24.7 Å². The van der Waals surface area contributed by atoms with Gasteiger partial charge in [0.1, 0.15) is 0 Å². The fraction of sp³-hybridized carbons (Fsp3) is 0.364. The maximum absolute atomic E-state index is 11.9. The first-order valence-electron chi connectivity index (χ1n) is 5.47. The molecule has 0 fully saturated rings. The van der Waals surface area contributed by atoms with E-state index >= 15 is 0 Å². The van der Waals surface area contributed by atoms with Crippen molar-refractivity contribution in [2.24, 2.45) is 5.73 Å². The van der Waals surface area contributed by atoms with E-state index in [4.69, 9.17) is 11.5 Å². The topological polar surface area (TPSA) is 115 Å². The van der Waals surface area contributed by atoms with E-state index in [1.807, 2.05) is 0 Å². The number of sulfonamides is 1. The molecule has 7 heteroatoms. The van der Waals surface area contributed by atoms with Crippen molar-refractivity contribution < 1.29 is 13.2 Å². The first kappa shape index (κ1) is 14.5. The maximum atomic E-state index is 11.9. The van der Waals surface area contributed by atoms with Crippen molar-refractivity contribution in [2.75, 3.05) is 12.3 Å². The summed E-state index contributed by atoms with van der Waals surface area (Å²) >= 11 is 0.